The third kappa shape index (κ3) is 6.06. The minimum Gasteiger partial charge on any atom is -0.503 e. The molecule has 1 aliphatic heterocycles. The highest BCUT2D eigenvalue weighted by Crippen LogP contribution is 2.48. The SMILES string of the molecule is COc1cc([C@H]2C(C(=O)OCCOc3ccccc3)=C(C)NC3=C2C(=O)C[C@@H](c2ccc(Cl)cc2)C3)cc(Cl)c1O. The number of carbonyl (C=O) groups is 2. The van der Waals surface area contributed by atoms with Gasteiger partial charge in [0.25, 0.3) is 0 Å². The predicted octanol–water partition coefficient (Wildman–Crippen LogP) is 6.69. The number of Topliss-reactive ketones (excluding diaryl/α,β-unsaturated/α-hetero) is 1. The number of ether oxygens (including phenoxy) is 3. The molecule has 0 amide bonds. The molecule has 2 atom stereocenters. The number of hydrogen-bond acceptors (Lipinski definition) is 7. The Balaban J connectivity index is 1.48. The first kappa shape index (κ1) is 28.6. The summed E-state index contributed by atoms with van der Waals surface area (Å²) < 4.78 is 16.6. The van der Waals surface area contributed by atoms with Gasteiger partial charge in [0.2, 0.25) is 0 Å². The molecule has 0 saturated heterocycles. The molecular weight excluding hydrogens is 565 g/mol. The summed E-state index contributed by atoms with van der Waals surface area (Å²) in [6.07, 6.45) is 0.820. The van der Waals surface area contributed by atoms with Gasteiger partial charge >= 0.3 is 5.97 Å². The van der Waals surface area contributed by atoms with Crippen LogP contribution >= 0.6 is 23.2 Å². The van der Waals surface area contributed by atoms with Crippen molar-refractivity contribution >= 4 is 35.0 Å². The standard InChI is InChI=1S/C32H29Cl2NO6/c1-18-28(32(38)41-13-12-40-23-6-4-3-5-7-23)29(21-14-24(34)31(37)27(17-21)39-2)30-25(35-18)15-20(16-26(30)36)19-8-10-22(33)11-9-19/h3-11,14,17,20,29,35,37H,12-13,15-16H2,1-2H3/t20-,29-/m0/s1. The fourth-order valence-corrected chi connectivity index (χ4v) is 5.76. The molecule has 0 unspecified atom stereocenters. The lowest BCUT2D eigenvalue weighted by molar-refractivity contribution is -0.140. The van der Waals surface area contributed by atoms with Gasteiger partial charge in [-0.05, 0) is 66.8 Å². The van der Waals surface area contributed by atoms with E-state index in [1.165, 1.54) is 7.11 Å². The quantitative estimate of drug-likeness (QED) is 0.222. The summed E-state index contributed by atoms with van der Waals surface area (Å²) in [7, 11) is 1.41. The van der Waals surface area contributed by atoms with E-state index < -0.39 is 11.9 Å². The molecule has 2 N–H and O–H groups in total. The highest BCUT2D eigenvalue weighted by molar-refractivity contribution is 6.32. The number of rotatable bonds is 8. The van der Waals surface area contributed by atoms with Crippen LogP contribution in [0.4, 0.5) is 0 Å². The zero-order valence-corrected chi connectivity index (χ0v) is 24.1. The summed E-state index contributed by atoms with van der Waals surface area (Å²) in [6.45, 7) is 1.95. The summed E-state index contributed by atoms with van der Waals surface area (Å²) in [5, 5.41) is 14.4. The van der Waals surface area contributed by atoms with Crippen molar-refractivity contribution in [1.29, 1.82) is 0 Å². The van der Waals surface area contributed by atoms with Crippen LogP contribution in [0.1, 0.15) is 42.7 Å². The molecule has 1 aliphatic carbocycles. The van der Waals surface area contributed by atoms with Gasteiger partial charge < -0.3 is 24.6 Å². The Labute approximate surface area is 248 Å². The van der Waals surface area contributed by atoms with Gasteiger partial charge in [0.1, 0.15) is 19.0 Å². The fraction of sp³-hybridized carbons (Fsp3) is 0.250. The van der Waals surface area contributed by atoms with Crippen LogP contribution in [-0.2, 0) is 14.3 Å². The van der Waals surface area contributed by atoms with Crippen molar-refractivity contribution in [2.45, 2.75) is 31.6 Å². The van der Waals surface area contributed by atoms with Gasteiger partial charge in [-0.15, -0.1) is 0 Å². The Hall–Kier alpha value is -3.94. The van der Waals surface area contributed by atoms with E-state index >= 15 is 0 Å². The number of hydrogen-bond donors (Lipinski definition) is 2. The lowest BCUT2D eigenvalue weighted by atomic mass is 9.71. The number of ketones is 1. The topological polar surface area (TPSA) is 94.1 Å². The van der Waals surface area contributed by atoms with Crippen molar-refractivity contribution in [2.75, 3.05) is 20.3 Å². The molecule has 3 aromatic carbocycles. The number of methoxy groups -OCH3 is 1. The molecule has 5 rings (SSSR count). The first-order valence-corrected chi connectivity index (χ1v) is 13.9. The van der Waals surface area contributed by atoms with Crippen LogP contribution in [0, 0.1) is 0 Å². The van der Waals surface area contributed by atoms with Crippen LogP contribution in [0.15, 0.2) is 89.3 Å². The average Bonchev–Trinajstić information content (AvgIpc) is 2.96. The van der Waals surface area contributed by atoms with Crippen LogP contribution in [0.2, 0.25) is 10.0 Å². The van der Waals surface area contributed by atoms with Crippen LogP contribution < -0.4 is 14.8 Å². The smallest absolute Gasteiger partial charge is 0.336 e. The number of benzene rings is 3. The first-order chi connectivity index (χ1) is 19.8. The van der Waals surface area contributed by atoms with Gasteiger partial charge in [0.15, 0.2) is 17.3 Å². The van der Waals surface area contributed by atoms with Gasteiger partial charge in [0.05, 0.1) is 17.7 Å². The van der Waals surface area contributed by atoms with Gasteiger partial charge in [-0.1, -0.05) is 53.5 Å². The molecule has 0 bridgehead atoms. The van der Waals surface area contributed by atoms with E-state index in [1.54, 1.807) is 19.1 Å². The molecule has 212 valence electrons. The number of carbonyl (C=O) groups excluding carboxylic acids is 2. The van der Waals surface area contributed by atoms with Crippen LogP contribution in [0.3, 0.4) is 0 Å². The molecule has 41 heavy (non-hydrogen) atoms. The van der Waals surface area contributed by atoms with Gasteiger partial charge in [0, 0.05) is 34.3 Å². The third-order valence-electron chi connectivity index (χ3n) is 7.32. The second-order valence-electron chi connectivity index (χ2n) is 9.92. The maximum Gasteiger partial charge on any atom is 0.336 e. The van der Waals surface area contributed by atoms with Crippen molar-refractivity contribution < 1.29 is 28.9 Å². The normalized spacial score (nSPS) is 18.5. The molecule has 0 radical (unpaired) electrons. The Kier molecular flexibility index (Phi) is 8.57. The number of halogens is 2. The Morgan fingerprint density at radius 2 is 1.73 bits per heavy atom. The van der Waals surface area contributed by atoms with Crippen LogP contribution in [0.5, 0.6) is 17.2 Å². The zero-order valence-electron chi connectivity index (χ0n) is 22.6. The molecule has 0 fully saturated rings. The Morgan fingerprint density at radius 3 is 2.44 bits per heavy atom. The molecule has 2 aliphatic rings. The van der Waals surface area contributed by atoms with Gasteiger partial charge in [-0.3, -0.25) is 4.79 Å². The summed E-state index contributed by atoms with van der Waals surface area (Å²) in [5.41, 5.74) is 3.59. The van der Waals surface area contributed by atoms with Crippen molar-refractivity contribution in [3.8, 4) is 17.2 Å². The van der Waals surface area contributed by atoms with E-state index in [4.69, 9.17) is 37.4 Å². The third-order valence-corrected chi connectivity index (χ3v) is 7.86. The van der Waals surface area contributed by atoms with E-state index in [-0.39, 0.29) is 53.4 Å². The largest absolute Gasteiger partial charge is 0.503 e. The van der Waals surface area contributed by atoms with E-state index in [9.17, 15) is 14.7 Å². The molecule has 3 aromatic rings. The molecule has 9 heteroatoms. The van der Waals surface area contributed by atoms with E-state index in [1.807, 2.05) is 54.6 Å². The molecule has 0 aromatic heterocycles. The Bertz CT molecular complexity index is 1530. The molecular formula is C32H29Cl2NO6. The van der Waals surface area contributed by atoms with Crippen molar-refractivity contribution in [3.05, 3.63) is 110 Å². The summed E-state index contributed by atoms with van der Waals surface area (Å²) in [6, 6.07) is 19.9. The first-order valence-electron chi connectivity index (χ1n) is 13.2. The number of esters is 1. The fourth-order valence-electron chi connectivity index (χ4n) is 5.42. The summed E-state index contributed by atoms with van der Waals surface area (Å²) in [5.74, 6) is -0.935. The number of nitrogens with one attached hydrogen (secondary N) is 1. The van der Waals surface area contributed by atoms with E-state index in [2.05, 4.69) is 5.32 Å². The Morgan fingerprint density at radius 1 is 1.00 bits per heavy atom. The lowest BCUT2D eigenvalue weighted by Crippen LogP contribution is -2.36. The van der Waals surface area contributed by atoms with E-state index in [0.717, 1.165) is 11.3 Å². The molecule has 1 heterocycles. The van der Waals surface area contributed by atoms with Crippen molar-refractivity contribution in [2.24, 2.45) is 0 Å². The summed E-state index contributed by atoms with van der Waals surface area (Å²) >= 11 is 12.4. The maximum atomic E-state index is 13.8. The average molecular weight is 594 g/mol. The lowest BCUT2D eigenvalue weighted by Gasteiger charge is -2.37. The number of para-hydroxylation sites is 1. The molecule has 0 spiro atoms. The highest BCUT2D eigenvalue weighted by Gasteiger charge is 2.42. The number of dihydropyridines is 1. The number of phenols is 1. The molecule has 0 saturated carbocycles. The van der Waals surface area contributed by atoms with Crippen LogP contribution in [-0.4, -0.2) is 37.2 Å². The minimum atomic E-state index is -0.778. The second-order valence-corrected chi connectivity index (χ2v) is 10.8. The minimum absolute atomic E-state index is 0.00930. The summed E-state index contributed by atoms with van der Waals surface area (Å²) in [4.78, 5) is 27.4. The van der Waals surface area contributed by atoms with E-state index in [0.29, 0.717) is 34.0 Å². The maximum absolute atomic E-state index is 13.8. The van der Waals surface area contributed by atoms with Crippen molar-refractivity contribution in [3.63, 3.8) is 0 Å². The molecule has 7 nitrogen and oxygen atoms in total. The second kappa shape index (κ2) is 12.3. The highest BCUT2D eigenvalue weighted by atomic mass is 35.5. The van der Waals surface area contributed by atoms with Crippen LogP contribution in [0.25, 0.3) is 0 Å². The van der Waals surface area contributed by atoms with Gasteiger partial charge in [-0.2, -0.15) is 0 Å². The predicted molar refractivity (Wildman–Crippen MR) is 157 cm³/mol. The monoisotopic (exact) mass is 593 g/mol. The number of aromatic hydroxyl groups is 1. The number of phenolic OH excluding ortho intramolecular Hbond substituents is 1. The van der Waals surface area contributed by atoms with Crippen molar-refractivity contribution in [1.82, 2.24) is 5.32 Å². The zero-order chi connectivity index (χ0) is 29.1. The van der Waals surface area contributed by atoms with Gasteiger partial charge in [-0.25, -0.2) is 4.79 Å². The number of allylic oxidation sites excluding steroid dienone is 3.